The van der Waals surface area contributed by atoms with Crippen LogP contribution in [0.25, 0.3) is 0 Å². The highest BCUT2D eigenvalue weighted by molar-refractivity contribution is 7.98. The third-order valence-corrected chi connectivity index (χ3v) is 5.97. The average molecular weight is 406 g/mol. The third-order valence-electron chi connectivity index (χ3n) is 4.39. The number of rotatable bonds is 5. The SMILES string of the molecule is CSc1cc(F)ccc1C=O.CSc1cc(N2CCCCC2)ccc1C=O. The number of benzene rings is 2. The zero-order valence-electron chi connectivity index (χ0n) is 15.6. The van der Waals surface area contributed by atoms with Crippen molar-refractivity contribution < 1.29 is 14.0 Å². The smallest absolute Gasteiger partial charge is 0.151 e. The van der Waals surface area contributed by atoms with Crippen molar-refractivity contribution in [1.82, 2.24) is 0 Å². The van der Waals surface area contributed by atoms with E-state index in [1.165, 1.54) is 54.9 Å². The molecule has 0 atom stereocenters. The number of nitrogens with zero attached hydrogens (tertiary/aromatic N) is 1. The molecular weight excluding hydrogens is 381 g/mol. The molecule has 1 heterocycles. The third kappa shape index (κ3) is 6.11. The molecule has 1 aliphatic heterocycles. The Kier molecular flexibility index (Phi) is 8.88. The van der Waals surface area contributed by atoms with Crippen molar-refractivity contribution in [2.45, 2.75) is 29.1 Å². The summed E-state index contributed by atoms with van der Waals surface area (Å²) in [6, 6.07) is 10.3. The van der Waals surface area contributed by atoms with Crippen molar-refractivity contribution in [2.24, 2.45) is 0 Å². The van der Waals surface area contributed by atoms with E-state index in [0.717, 1.165) is 36.1 Å². The molecule has 0 aliphatic carbocycles. The largest absolute Gasteiger partial charge is 0.372 e. The van der Waals surface area contributed by atoms with Gasteiger partial charge in [0.25, 0.3) is 0 Å². The minimum absolute atomic E-state index is 0.306. The van der Waals surface area contributed by atoms with Crippen molar-refractivity contribution >= 4 is 41.8 Å². The maximum absolute atomic E-state index is 12.5. The molecule has 6 heteroatoms. The molecule has 2 aromatic carbocycles. The number of thioether (sulfide) groups is 2. The van der Waals surface area contributed by atoms with E-state index < -0.39 is 0 Å². The maximum Gasteiger partial charge on any atom is 0.151 e. The van der Waals surface area contributed by atoms with E-state index in [9.17, 15) is 14.0 Å². The Hall–Kier alpha value is -1.79. The highest BCUT2D eigenvalue weighted by Gasteiger charge is 2.12. The van der Waals surface area contributed by atoms with E-state index in [1.807, 2.05) is 18.6 Å². The summed E-state index contributed by atoms with van der Waals surface area (Å²) in [5, 5.41) is 0. The van der Waals surface area contributed by atoms with Crippen LogP contribution in [0.4, 0.5) is 10.1 Å². The molecule has 0 N–H and O–H groups in total. The van der Waals surface area contributed by atoms with Crippen LogP contribution in [-0.2, 0) is 0 Å². The van der Waals surface area contributed by atoms with Gasteiger partial charge in [0.15, 0.2) is 12.6 Å². The minimum atomic E-state index is -0.306. The van der Waals surface area contributed by atoms with E-state index in [0.29, 0.717) is 10.5 Å². The number of halogens is 1. The number of aldehydes is 2. The second-order valence-electron chi connectivity index (χ2n) is 6.10. The summed E-state index contributed by atoms with van der Waals surface area (Å²) in [6.07, 6.45) is 9.40. The van der Waals surface area contributed by atoms with Gasteiger partial charge in [0, 0.05) is 39.7 Å². The summed E-state index contributed by atoms with van der Waals surface area (Å²) in [4.78, 5) is 25.4. The Morgan fingerprint density at radius 2 is 1.41 bits per heavy atom. The number of anilines is 1. The lowest BCUT2D eigenvalue weighted by molar-refractivity contribution is 0.111. The summed E-state index contributed by atoms with van der Waals surface area (Å²) in [6.45, 7) is 2.29. The Morgan fingerprint density at radius 1 is 0.852 bits per heavy atom. The van der Waals surface area contributed by atoms with Crippen LogP contribution < -0.4 is 4.90 Å². The van der Waals surface area contributed by atoms with Crippen LogP contribution in [-0.4, -0.2) is 38.2 Å². The minimum Gasteiger partial charge on any atom is -0.372 e. The van der Waals surface area contributed by atoms with E-state index in [-0.39, 0.29) is 5.82 Å². The fourth-order valence-electron chi connectivity index (χ4n) is 2.93. The predicted molar refractivity (Wildman–Crippen MR) is 113 cm³/mol. The number of hydrogen-bond donors (Lipinski definition) is 0. The molecule has 0 aromatic heterocycles. The molecule has 0 radical (unpaired) electrons. The molecule has 144 valence electrons. The normalized spacial score (nSPS) is 13.5. The van der Waals surface area contributed by atoms with Gasteiger partial charge in [-0.15, -0.1) is 23.5 Å². The fourth-order valence-corrected chi connectivity index (χ4v) is 4.10. The predicted octanol–water partition coefficient (Wildman–Crippen LogP) is 5.57. The van der Waals surface area contributed by atoms with Gasteiger partial charge in [-0.2, -0.15) is 0 Å². The molecule has 0 spiro atoms. The molecule has 0 bridgehead atoms. The highest BCUT2D eigenvalue weighted by Crippen LogP contribution is 2.27. The lowest BCUT2D eigenvalue weighted by Gasteiger charge is -2.29. The first-order valence-electron chi connectivity index (χ1n) is 8.79. The summed E-state index contributed by atoms with van der Waals surface area (Å²) in [5.74, 6) is -0.306. The van der Waals surface area contributed by atoms with E-state index in [4.69, 9.17) is 0 Å². The number of carbonyl (C=O) groups is 2. The van der Waals surface area contributed by atoms with Gasteiger partial charge in [0.2, 0.25) is 0 Å². The summed E-state index contributed by atoms with van der Waals surface area (Å²) < 4.78 is 12.5. The molecular formula is C21H24FNO2S2. The maximum atomic E-state index is 12.5. The summed E-state index contributed by atoms with van der Waals surface area (Å²) in [5.41, 5.74) is 2.60. The topological polar surface area (TPSA) is 37.4 Å². The van der Waals surface area contributed by atoms with Gasteiger partial charge < -0.3 is 4.90 Å². The zero-order chi connectivity index (χ0) is 19.6. The van der Waals surface area contributed by atoms with Crippen molar-refractivity contribution in [3.05, 3.63) is 53.3 Å². The van der Waals surface area contributed by atoms with Crippen LogP contribution in [0.1, 0.15) is 40.0 Å². The van der Waals surface area contributed by atoms with Crippen LogP contribution in [0, 0.1) is 5.82 Å². The Bertz CT molecular complexity index is 777. The number of hydrogen-bond acceptors (Lipinski definition) is 5. The van der Waals surface area contributed by atoms with Crippen molar-refractivity contribution in [1.29, 1.82) is 0 Å². The van der Waals surface area contributed by atoms with E-state index >= 15 is 0 Å². The number of carbonyl (C=O) groups excluding carboxylic acids is 2. The van der Waals surface area contributed by atoms with Crippen LogP contribution in [0.5, 0.6) is 0 Å². The molecule has 1 aliphatic rings. The summed E-state index contributed by atoms with van der Waals surface area (Å²) >= 11 is 3.00. The number of piperidine rings is 1. The van der Waals surface area contributed by atoms with Crippen LogP contribution in [0.3, 0.4) is 0 Å². The van der Waals surface area contributed by atoms with Gasteiger partial charge in [-0.05, 0) is 68.2 Å². The molecule has 3 nitrogen and oxygen atoms in total. The van der Waals surface area contributed by atoms with E-state index in [2.05, 4.69) is 17.0 Å². The molecule has 2 aromatic rings. The lowest BCUT2D eigenvalue weighted by atomic mass is 10.1. The Labute approximate surface area is 168 Å². The Morgan fingerprint density at radius 3 is 1.96 bits per heavy atom. The second kappa shape index (κ2) is 11.1. The fraction of sp³-hybridized carbons (Fsp3) is 0.333. The van der Waals surface area contributed by atoms with Crippen molar-refractivity contribution in [2.75, 3.05) is 30.5 Å². The van der Waals surface area contributed by atoms with Gasteiger partial charge in [0.05, 0.1) is 0 Å². The van der Waals surface area contributed by atoms with Crippen LogP contribution in [0.15, 0.2) is 46.2 Å². The first kappa shape index (κ1) is 21.5. The first-order chi connectivity index (χ1) is 13.1. The molecule has 0 saturated carbocycles. The lowest BCUT2D eigenvalue weighted by Crippen LogP contribution is -2.29. The average Bonchev–Trinajstić information content (AvgIpc) is 2.74. The molecule has 27 heavy (non-hydrogen) atoms. The van der Waals surface area contributed by atoms with Gasteiger partial charge in [-0.25, -0.2) is 4.39 Å². The quantitative estimate of drug-likeness (QED) is 0.480. The first-order valence-corrected chi connectivity index (χ1v) is 11.2. The van der Waals surface area contributed by atoms with Crippen LogP contribution >= 0.6 is 23.5 Å². The molecule has 0 amide bonds. The second-order valence-corrected chi connectivity index (χ2v) is 7.79. The molecule has 1 saturated heterocycles. The Balaban J connectivity index is 0.000000208. The molecule has 1 fully saturated rings. The van der Waals surface area contributed by atoms with Gasteiger partial charge in [-0.3, -0.25) is 9.59 Å². The van der Waals surface area contributed by atoms with Gasteiger partial charge in [-0.1, -0.05) is 0 Å². The molecule has 3 rings (SSSR count). The van der Waals surface area contributed by atoms with Gasteiger partial charge >= 0.3 is 0 Å². The van der Waals surface area contributed by atoms with Crippen molar-refractivity contribution in [3.63, 3.8) is 0 Å². The van der Waals surface area contributed by atoms with Gasteiger partial charge in [0.1, 0.15) is 5.82 Å². The standard InChI is InChI=1S/C13H17NOS.C8H7FOS/c1-16-13-9-12(6-5-11(13)10-15)14-7-3-2-4-8-14;1-11-8-4-7(9)3-2-6(8)5-10/h5-6,9-10H,2-4,7-8H2,1H3;2-5H,1H3. The van der Waals surface area contributed by atoms with E-state index in [1.54, 1.807) is 11.8 Å². The highest BCUT2D eigenvalue weighted by atomic mass is 32.2. The van der Waals surface area contributed by atoms with Crippen LogP contribution in [0.2, 0.25) is 0 Å². The van der Waals surface area contributed by atoms with Crippen molar-refractivity contribution in [3.8, 4) is 0 Å². The summed E-state index contributed by atoms with van der Waals surface area (Å²) in [7, 11) is 0. The monoisotopic (exact) mass is 405 g/mol. The molecule has 0 unspecified atom stereocenters. The zero-order valence-corrected chi connectivity index (χ0v) is 17.2.